The van der Waals surface area contributed by atoms with Gasteiger partial charge in [-0.1, -0.05) is 12.2 Å². The maximum atomic E-state index is 14.0. The Morgan fingerprint density at radius 2 is 1.41 bits per heavy atom. The van der Waals surface area contributed by atoms with Crippen molar-refractivity contribution in [3.05, 3.63) is 76.4 Å². The van der Waals surface area contributed by atoms with E-state index >= 15 is 0 Å². The number of nitrogens with one attached hydrogen (secondary N) is 3. The van der Waals surface area contributed by atoms with Crippen LogP contribution >= 0.6 is 0 Å². The molecule has 0 spiro atoms. The zero-order valence-electron chi connectivity index (χ0n) is 36.0. The maximum absolute atomic E-state index is 14.0. The minimum Gasteiger partial charge on any atom is -0.494 e. The number of allylic oxidation sites excluding steroid dienone is 2. The first-order chi connectivity index (χ1) is 30.3. The van der Waals surface area contributed by atoms with Crippen LogP contribution in [0.5, 0.6) is 5.75 Å². The fraction of sp³-hybridized carbons (Fsp3) is 0.381. The molecule has 0 aliphatic carbocycles. The van der Waals surface area contributed by atoms with Crippen molar-refractivity contribution in [1.29, 1.82) is 0 Å². The summed E-state index contributed by atoms with van der Waals surface area (Å²) in [6.45, 7) is 13.0. The van der Waals surface area contributed by atoms with Gasteiger partial charge in [0.2, 0.25) is 23.7 Å². The second-order valence-electron chi connectivity index (χ2n) is 15.0. The first kappa shape index (κ1) is 43.8. The molecule has 1 aliphatic heterocycles. The summed E-state index contributed by atoms with van der Waals surface area (Å²) >= 11 is 0. The summed E-state index contributed by atoms with van der Waals surface area (Å²) in [7, 11) is 1.47. The molecule has 0 atom stereocenters. The smallest absolute Gasteiger partial charge is 0.278 e. The number of nitrogens with two attached hydrogens (primary N) is 3. The Hall–Kier alpha value is -7.26. The lowest BCUT2D eigenvalue weighted by atomic mass is 10.1. The summed E-state index contributed by atoms with van der Waals surface area (Å²) in [4.78, 5) is 64.4. The number of primary amides is 2. The molecule has 1 fully saturated rings. The quantitative estimate of drug-likeness (QED) is 0.0536. The van der Waals surface area contributed by atoms with Crippen LogP contribution in [0.2, 0.25) is 0 Å². The van der Waals surface area contributed by atoms with Crippen LogP contribution in [0.15, 0.2) is 42.5 Å². The van der Waals surface area contributed by atoms with E-state index < -0.39 is 23.6 Å². The van der Waals surface area contributed by atoms with Crippen molar-refractivity contribution in [2.24, 2.45) is 11.5 Å². The predicted octanol–water partition coefficient (Wildman–Crippen LogP) is 3.12. The molecule has 7 rings (SSSR count). The third kappa shape index (κ3) is 9.19. The Kier molecular flexibility index (Phi) is 13.1. The lowest BCUT2D eigenvalue weighted by Gasteiger charge is -2.26. The number of hydrogen-bond acceptors (Lipinski definition) is 13. The van der Waals surface area contributed by atoms with Crippen molar-refractivity contribution >= 4 is 69.0 Å². The summed E-state index contributed by atoms with van der Waals surface area (Å²) in [5, 5.41) is 18.2. The highest BCUT2D eigenvalue weighted by atomic mass is 16.5. The fourth-order valence-corrected chi connectivity index (χ4v) is 7.69. The topological polar surface area (TPSA) is 275 Å². The Balaban J connectivity index is 1.26. The molecule has 9 N–H and O–H groups in total. The average Bonchev–Trinajstić information content (AvgIpc) is 4.01. The van der Waals surface area contributed by atoms with Crippen LogP contribution in [-0.4, -0.2) is 114 Å². The largest absolute Gasteiger partial charge is 0.494 e. The Bertz CT molecular complexity index is 2740. The van der Waals surface area contributed by atoms with Crippen molar-refractivity contribution in [2.75, 3.05) is 68.2 Å². The van der Waals surface area contributed by atoms with Gasteiger partial charge in [0.05, 0.1) is 59.6 Å². The van der Waals surface area contributed by atoms with Gasteiger partial charge in [0.1, 0.15) is 22.7 Å². The molecule has 21 nitrogen and oxygen atoms in total. The van der Waals surface area contributed by atoms with Gasteiger partial charge < -0.3 is 41.1 Å². The molecule has 4 aromatic heterocycles. The first-order valence-corrected chi connectivity index (χ1v) is 20.7. The van der Waals surface area contributed by atoms with Gasteiger partial charge in [-0.3, -0.25) is 44.1 Å². The van der Waals surface area contributed by atoms with Crippen molar-refractivity contribution in [2.45, 2.75) is 60.3 Å². The van der Waals surface area contributed by atoms with Crippen LogP contribution in [-0.2, 0) is 30.9 Å². The second kappa shape index (κ2) is 18.8. The molecule has 21 heteroatoms. The minimum atomic E-state index is -0.668. The van der Waals surface area contributed by atoms with Gasteiger partial charge in [-0.2, -0.15) is 10.2 Å². The molecule has 5 heterocycles. The number of aromatic nitrogens is 8. The second-order valence-corrected chi connectivity index (χ2v) is 15.0. The van der Waals surface area contributed by atoms with Crippen molar-refractivity contribution in [3.63, 3.8) is 0 Å². The standard InChI is InChI=1S/C42H53N15O6/c1-6-56-31(19-24(3)51-56)39(60)49-41-48-30-22-27(38(45)59)23-32(62-5)35(30)55(41)14-9-8-13-54-34-28(46-11-10-12-53-15-17-63-18-16-53)20-26(37(44)58)21-29(34)47-42(54)50-40(61)36-33(43)25(4)52-57(36)7-2/h8-9,19-23,46H,6-7,10-18,43H2,1-5H3,(H2,44,58)(H2,45,59)(H,47,50,61)(H,48,49,60)/b9-8+. The molecular weight excluding hydrogens is 811 g/mol. The lowest BCUT2D eigenvalue weighted by Crippen LogP contribution is -2.37. The number of carbonyl (C=O) groups excluding carboxylic acids is 4. The van der Waals surface area contributed by atoms with Gasteiger partial charge in [-0.05, 0) is 71.0 Å². The number of imidazole rings is 2. The number of benzene rings is 2. The third-order valence-electron chi connectivity index (χ3n) is 10.8. The highest BCUT2D eigenvalue weighted by Crippen LogP contribution is 2.32. The predicted molar refractivity (Wildman–Crippen MR) is 238 cm³/mol. The Labute approximate surface area is 362 Å². The van der Waals surface area contributed by atoms with Crippen molar-refractivity contribution < 1.29 is 28.7 Å². The number of aryl methyl sites for hydroxylation is 4. The Morgan fingerprint density at radius 1 is 0.810 bits per heavy atom. The molecule has 1 saturated heterocycles. The SMILES string of the molecule is CCn1nc(C)cc1C(=O)Nc1nc2cc(C(N)=O)cc(OC)c2n1C/C=C/Cn1c(NC(=O)c2c(N)c(C)nn2CC)nc2cc(C(N)=O)cc(NCCCN3CCOCC3)c21. The van der Waals surface area contributed by atoms with E-state index in [0.29, 0.717) is 83.4 Å². The van der Waals surface area contributed by atoms with Crippen LogP contribution in [0.4, 0.5) is 23.3 Å². The molecular formula is C42H53N15O6. The van der Waals surface area contributed by atoms with Gasteiger partial charge >= 0.3 is 0 Å². The van der Waals surface area contributed by atoms with E-state index in [0.717, 1.165) is 26.1 Å². The minimum absolute atomic E-state index is 0.169. The molecule has 2 aromatic carbocycles. The number of nitrogens with zero attached hydrogens (tertiary/aromatic N) is 9. The maximum Gasteiger partial charge on any atom is 0.278 e. The fourth-order valence-electron chi connectivity index (χ4n) is 7.69. The van der Waals surface area contributed by atoms with E-state index in [2.05, 4.69) is 31.0 Å². The monoisotopic (exact) mass is 863 g/mol. The highest BCUT2D eigenvalue weighted by molar-refractivity contribution is 6.08. The van der Waals surface area contributed by atoms with Crippen molar-refractivity contribution in [3.8, 4) is 5.75 Å². The molecule has 0 unspecified atom stereocenters. The van der Waals surface area contributed by atoms with Gasteiger partial charge in [-0.25, -0.2) is 9.97 Å². The Morgan fingerprint density at radius 3 is 2.03 bits per heavy atom. The number of carbonyl (C=O) groups is 4. The number of ether oxygens (including phenoxy) is 2. The van der Waals surface area contributed by atoms with E-state index in [-0.39, 0.29) is 47.5 Å². The number of methoxy groups -OCH3 is 1. The summed E-state index contributed by atoms with van der Waals surface area (Å²) in [5.74, 6) is -1.56. The normalized spacial score (nSPS) is 13.3. The number of hydrogen-bond donors (Lipinski definition) is 6. The summed E-state index contributed by atoms with van der Waals surface area (Å²) in [6.07, 6.45) is 4.53. The summed E-state index contributed by atoms with van der Waals surface area (Å²) < 4.78 is 17.9. The summed E-state index contributed by atoms with van der Waals surface area (Å²) in [6, 6.07) is 8.03. The molecule has 0 radical (unpaired) electrons. The average molecular weight is 864 g/mol. The lowest BCUT2D eigenvalue weighted by molar-refractivity contribution is 0.0378. The van der Waals surface area contributed by atoms with Gasteiger partial charge in [0.15, 0.2) is 0 Å². The molecule has 63 heavy (non-hydrogen) atoms. The van der Waals surface area contributed by atoms with Crippen LogP contribution in [0.25, 0.3) is 22.1 Å². The van der Waals surface area contributed by atoms with Gasteiger partial charge in [0.25, 0.3) is 11.8 Å². The van der Waals surface area contributed by atoms with E-state index in [9.17, 15) is 19.2 Å². The summed E-state index contributed by atoms with van der Waals surface area (Å²) in [5.41, 5.74) is 22.7. The number of amides is 4. The zero-order valence-corrected chi connectivity index (χ0v) is 36.0. The molecule has 0 saturated carbocycles. The van der Waals surface area contributed by atoms with E-state index in [1.165, 1.54) is 23.9 Å². The molecule has 0 bridgehead atoms. The number of nitrogen functional groups attached to an aromatic ring is 1. The van der Waals surface area contributed by atoms with Gasteiger partial charge in [0, 0.05) is 56.9 Å². The van der Waals surface area contributed by atoms with E-state index in [1.807, 2.05) is 30.6 Å². The number of rotatable bonds is 18. The van der Waals surface area contributed by atoms with Crippen LogP contribution < -0.4 is 37.9 Å². The third-order valence-corrected chi connectivity index (χ3v) is 10.8. The van der Waals surface area contributed by atoms with Crippen LogP contribution in [0, 0.1) is 13.8 Å². The first-order valence-electron chi connectivity index (χ1n) is 20.7. The van der Waals surface area contributed by atoms with E-state index in [1.54, 1.807) is 41.3 Å². The molecule has 6 aromatic rings. The highest BCUT2D eigenvalue weighted by Gasteiger charge is 2.25. The van der Waals surface area contributed by atoms with E-state index in [4.69, 9.17) is 36.6 Å². The molecule has 332 valence electrons. The molecule has 1 aliphatic rings. The van der Waals surface area contributed by atoms with Gasteiger partial charge in [-0.15, -0.1) is 0 Å². The zero-order chi connectivity index (χ0) is 44.9. The number of anilines is 4. The van der Waals surface area contributed by atoms with Crippen LogP contribution in [0.3, 0.4) is 0 Å². The van der Waals surface area contributed by atoms with Crippen LogP contribution in [0.1, 0.15) is 73.3 Å². The number of fused-ring (bicyclic) bond motifs is 2. The number of morpholine rings is 1. The molecule has 4 amide bonds. The van der Waals surface area contributed by atoms with Crippen molar-refractivity contribution in [1.82, 2.24) is 43.6 Å².